The molecule has 10 nitrogen and oxygen atoms in total. The predicted molar refractivity (Wildman–Crippen MR) is 95.4 cm³/mol. The maximum absolute atomic E-state index is 11.6. The Bertz CT molecular complexity index is 733. The van der Waals surface area contributed by atoms with Crippen molar-refractivity contribution in [3.8, 4) is 5.75 Å². The first kappa shape index (κ1) is 22.6. The Balaban J connectivity index is 2.33. The molecule has 0 aromatic heterocycles. The molecule has 0 unspecified atom stereocenters. The average Bonchev–Trinajstić information content (AvgIpc) is 2.65. The topological polar surface area (TPSA) is 138 Å². The van der Waals surface area contributed by atoms with Gasteiger partial charge in [-0.3, -0.25) is 14.4 Å². The lowest BCUT2D eigenvalue weighted by Gasteiger charge is -2.42. The fraction of sp³-hybridized carbons (Fsp3) is 0.526. The van der Waals surface area contributed by atoms with E-state index in [0.717, 1.165) is 13.8 Å². The summed E-state index contributed by atoms with van der Waals surface area (Å²) < 4.78 is 26.7. The summed E-state index contributed by atoms with van der Waals surface area (Å²) >= 11 is 0. The van der Waals surface area contributed by atoms with E-state index in [2.05, 4.69) is 0 Å². The molecule has 0 spiro atoms. The minimum absolute atomic E-state index is 0.234. The van der Waals surface area contributed by atoms with Gasteiger partial charge < -0.3 is 33.9 Å². The molecular formula is C19H24O10. The number of hydrogen-bond donors (Lipinski definition) is 2. The highest BCUT2D eigenvalue weighted by atomic mass is 16.7. The second-order valence-corrected chi connectivity index (χ2v) is 6.37. The molecule has 1 fully saturated rings. The van der Waals surface area contributed by atoms with Gasteiger partial charge in [-0.2, -0.15) is 0 Å². The average molecular weight is 412 g/mol. The summed E-state index contributed by atoms with van der Waals surface area (Å²) in [5.41, 5.74) is 0.436. The van der Waals surface area contributed by atoms with Gasteiger partial charge in [0.15, 0.2) is 18.3 Å². The highest BCUT2D eigenvalue weighted by molar-refractivity contribution is 5.67. The van der Waals surface area contributed by atoms with Gasteiger partial charge in [0.05, 0.1) is 6.61 Å². The third kappa shape index (κ3) is 6.14. The van der Waals surface area contributed by atoms with Gasteiger partial charge in [-0.25, -0.2) is 0 Å². The number of rotatable bonds is 7. The number of aliphatic hydroxyl groups excluding tert-OH is 2. The number of ether oxygens (including phenoxy) is 5. The lowest BCUT2D eigenvalue weighted by atomic mass is 9.98. The second-order valence-electron chi connectivity index (χ2n) is 6.37. The van der Waals surface area contributed by atoms with E-state index in [0.29, 0.717) is 5.56 Å². The molecule has 1 saturated heterocycles. The van der Waals surface area contributed by atoms with Crippen LogP contribution in [0.15, 0.2) is 24.3 Å². The minimum Gasteiger partial charge on any atom is -0.463 e. The van der Waals surface area contributed by atoms with Crippen LogP contribution in [0.1, 0.15) is 26.3 Å². The zero-order chi connectivity index (χ0) is 21.6. The van der Waals surface area contributed by atoms with E-state index in [-0.39, 0.29) is 19.0 Å². The van der Waals surface area contributed by atoms with Gasteiger partial charge >= 0.3 is 17.9 Å². The zero-order valence-corrected chi connectivity index (χ0v) is 16.3. The molecule has 1 aliphatic rings. The maximum Gasteiger partial charge on any atom is 0.303 e. The lowest BCUT2D eigenvalue weighted by molar-refractivity contribution is -0.285. The molecule has 0 aliphatic carbocycles. The van der Waals surface area contributed by atoms with Crippen LogP contribution in [0, 0.1) is 0 Å². The molecule has 2 rings (SSSR count). The highest BCUT2D eigenvalue weighted by Gasteiger charge is 2.51. The van der Waals surface area contributed by atoms with Crippen molar-refractivity contribution in [1.82, 2.24) is 0 Å². The largest absolute Gasteiger partial charge is 0.463 e. The van der Waals surface area contributed by atoms with E-state index in [1.165, 1.54) is 6.92 Å². The molecule has 0 bridgehead atoms. The molecule has 160 valence electrons. The van der Waals surface area contributed by atoms with Crippen LogP contribution in [-0.4, -0.2) is 65.4 Å². The molecule has 1 aromatic rings. The molecule has 2 N–H and O–H groups in total. The van der Waals surface area contributed by atoms with Crippen molar-refractivity contribution in [1.29, 1.82) is 0 Å². The van der Waals surface area contributed by atoms with Crippen molar-refractivity contribution in [3.05, 3.63) is 29.8 Å². The predicted octanol–water partition coefficient (Wildman–Crippen LogP) is 0.0700. The van der Waals surface area contributed by atoms with Crippen LogP contribution in [0.5, 0.6) is 5.75 Å². The van der Waals surface area contributed by atoms with Gasteiger partial charge in [-0.05, 0) is 6.07 Å². The molecule has 0 amide bonds. The van der Waals surface area contributed by atoms with Crippen molar-refractivity contribution < 1.29 is 48.3 Å². The number of carbonyl (C=O) groups is 3. The van der Waals surface area contributed by atoms with E-state index in [1.807, 2.05) is 0 Å². The third-order valence-corrected chi connectivity index (χ3v) is 4.06. The van der Waals surface area contributed by atoms with E-state index in [1.54, 1.807) is 24.3 Å². The minimum atomic E-state index is -1.54. The molecule has 5 atom stereocenters. The van der Waals surface area contributed by atoms with Crippen LogP contribution in [0.4, 0.5) is 0 Å². The Hall–Kier alpha value is -2.69. The van der Waals surface area contributed by atoms with Crippen LogP contribution < -0.4 is 4.74 Å². The smallest absolute Gasteiger partial charge is 0.303 e. The monoisotopic (exact) mass is 412 g/mol. The Morgan fingerprint density at radius 2 is 1.62 bits per heavy atom. The summed E-state index contributed by atoms with van der Waals surface area (Å²) in [5.74, 6) is -1.80. The SMILES string of the molecule is CC(=O)OC[C@H]1O[C@@H](Oc2ccccc2CO)[C@H](O)[C@@H](OC(C)=O)[C@H]1OC(C)=O. The van der Waals surface area contributed by atoms with Gasteiger partial charge in [0.2, 0.25) is 6.29 Å². The standard InChI is InChI=1S/C19H24O10/c1-10(21)25-9-15-17(26-11(2)22)18(27-12(3)23)16(24)19(29-15)28-14-7-5-4-6-13(14)8-20/h4-7,15-20,24H,8-9H2,1-3H3/t15-,16-,17+,18-,19-/m1/s1. The Morgan fingerprint density at radius 1 is 1.00 bits per heavy atom. The van der Waals surface area contributed by atoms with Crippen molar-refractivity contribution in [2.24, 2.45) is 0 Å². The fourth-order valence-electron chi connectivity index (χ4n) is 2.86. The van der Waals surface area contributed by atoms with Crippen LogP contribution in [0.3, 0.4) is 0 Å². The van der Waals surface area contributed by atoms with Gasteiger partial charge in [-0.1, -0.05) is 18.2 Å². The number of esters is 3. The number of para-hydroxylation sites is 1. The summed E-state index contributed by atoms with van der Waals surface area (Å²) in [6.07, 6.45) is -6.56. The first-order chi connectivity index (χ1) is 13.7. The van der Waals surface area contributed by atoms with Crippen LogP contribution >= 0.6 is 0 Å². The molecule has 29 heavy (non-hydrogen) atoms. The normalized spacial score (nSPS) is 26.3. The Labute approximate surface area is 167 Å². The van der Waals surface area contributed by atoms with Crippen LogP contribution in [-0.2, 0) is 39.9 Å². The molecule has 0 saturated carbocycles. The number of carbonyl (C=O) groups excluding carboxylic acids is 3. The number of hydrogen-bond acceptors (Lipinski definition) is 10. The molecule has 1 aliphatic heterocycles. The molecular weight excluding hydrogens is 388 g/mol. The lowest BCUT2D eigenvalue weighted by Crippen LogP contribution is -2.62. The number of aliphatic hydroxyl groups is 2. The van der Waals surface area contributed by atoms with Gasteiger partial charge in [-0.15, -0.1) is 0 Å². The van der Waals surface area contributed by atoms with Crippen LogP contribution in [0.25, 0.3) is 0 Å². The summed E-state index contributed by atoms with van der Waals surface area (Å²) in [4.78, 5) is 34.3. The van der Waals surface area contributed by atoms with E-state index < -0.39 is 48.6 Å². The number of benzene rings is 1. The molecule has 1 aromatic carbocycles. The fourth-order valence-corrected chi connectivity index (χ4v) is 2.86. The van der Waals surface area contributed by atoms with E-state index in [9.17, 15) is 24.6 Å². The van der Waals surface area contributed by atoms with Crippen molar-refractivity contribution in [2.45, 2.75) is 58.1 Å². The summed E-state index contributed by atoms with van der Waals surface area (Å²) in [7, 11) is 0. The maximum atomic E-state index is 11.6. The summed E-state index contributed by atoms with van der Waals surface area (Å²) in [6, 6.07) is 6.53. The third-order valence-electron chi connectivity index (χ3n) is 4.06. The van der Waals surface area contributed by atoms with E-state index in [4.69, 9.17) is 23.7 Å². The van der Waals surface area contributed by atoms with Crippen molar-refractivity contribution in [3.63, 3.8) is 0 Å². The van der Waals surface area contributed by atoms with E-state index >= 15 is 0 Å². The quantitative estimate of drug-likeness (QED) is 0.467. The van der Waals surface area contributed by atoms with Gasteiger partial charge in [0.25, 0.3) is 0 Å². The Kier molecular flexibility index (Phi) is 7.94. The molecule has 10 heteroatoms. The van der Waals surface area contributed by atoms with Gasteiger partial charge in [0, 0.05) is 26.3 Å². The molecule has 1 heterocycles. The second kappa shape index (κ2) is 10.2. The van der Waals surface area contributed by atoms with Gasteiger partial charge in [0.1, 0.15) is 18.5 Å². The zero-order valence-electron chi connectivity index (χ0n) is 16.3. The first-order valence-electron chi connectivity index (χ1n) is 8.89. The first-order valence-corrected chi connectivity index (χ1v) is 8.89. The summed E-state index contributed by atoms with van der Waals surface area (Å²) in [6.45, 7) is 2.80. The van der Waals surface area contributed by atoms with Crippen molar-refractivity contribution in [2.75, 3.05) is 6.61 Å². The van der Waals surface area contributed by atoms with Crippen LogP contribution in [0.2, 0.25) is 0 Å². The highest BCUT2D eigenvalue weighted by Crippen LogP contribution is 2.30. The molecule has 0 radical (unpaired) electrons. The van der Waals surface area contributed by atoms with Crippen molar-refractivity contribution >= 4 is 17.9 Å². The summed E-state index contributed by atoms with van der Waals surface area (Å²) in [5, 5.41) is 20.1. The Morgan fingerprint density at radius 3 is 2.21 bits per heavy atom.